The summed E-state index contributed by atoms with van der Waals surface area (Å²) < 4.78 is 7.19. The number of carbonyl (C=O) groups excluding carboxylic acids is 2. The third kappa shape index (κ3) is 4.30. The van der Waals surface area contributed by atoms with Crippen LogP contribution in [-0.4, -0.2) is 47.4 Å². The Morgan fingerprint density at radius 2 is 2.27 bits per heavy atom. The van der Waals surface area contributed by atoms with E-state index in [0.717, 1.165) is 12.1 Å². The molecule has 1 N–H and O–H groups in total. The Morgan fingerprint density at radius 3 is 3.00 bits per heavy atom. The van der Waals surface area contributed by atoms with Crippen molar-refractivity contribution >= 4 is 17.6 Å². The van der Waals surface area contributed by atoms with Gasteiger partial charge in [0, 0.05) is 25.6 Å². The summed E-state index contributed by atoms with van der Waals surface area (Å²) in [6.07, 6.45) is 1.34. The summed E-state index contributed by atoms with van der Waals surface area (Å²) in [5.41, 5.74) is 0.848. The molecule has 1 aliphatic heterocycles. The molecule has 2 amide bonds. The zero-order valence-electron chi connectivity index (χ0n) is 13.5. The largest absolute Gasteiger partial charge is 0.379 e. The first-order valence-corrected chi connectivity index (χ1v) is 7.70. The molecule has 0 spiro atoms. The zero-order chi connectivity index (χ0) is 16.1. The average Bonchev–Trinajstić information content (AvgIpc) is 2.82. The summed E-state index contributed by atoms with van der Waals surface area (Å²) >= 11 is 0. The number of anilines is 1. The Balaban J connectivity index is 1.82. The van der Waals surface area contributed by atoms with Gasteiger partial charge in [-0.1, -0.05) is 0 Å². The average molecular weight is 308 g/mol. The number of aryl methyl sites for hydroxylation is 2. The molecule has 0 radical (unpaired) electrons. The van der Waals surface area contributed by atoms with Crippen LogP contribution in [0.4, 0.5) is 5.82 Å². The molecule has 122 valence electrons. The predicted octanol–water partition coefficient (Wildman–Crippen LogP) is 0.860. The molecular weight excluding hydrogens is 284 g/mol. The molecule has 22 heavy (non-hydrogen) atoms. The maximum absolute atomic E-state index is 12.0. The third-order valence-electron chi connectivity index (χ3n) is 3.39. The van der Waals surface area contributed by atoms with Crippen LogP contribution in [0.5, 0.6) is 0 Å². The van der Waals surface area contributed by atoms with Crippen molar-refractivity contribution in [2.75, 3.05) is 24.6 Å². The van der Waals surface area contributed by atoms with Gasteiger partial charge in [0.05, 0.1) is 18.3 Å². The molecule has 7 nitrogen and oxygen atoms in total. The summed E-state index contributed by atoms with van der Waals surface area (Å²) in [6, 6.07) is 1.83. The normalized spacial score (nSPS) is 14.4. The van der Waals surface area contributed by atoms with Gasteiger partial charge in [-0.3, -0.25) is 14.5 Å². The lowest BCUT2D eigenvalue weighted by molar-refractivity contribution is -0.124. The quantitative estimate of drug-likeness (QED) is 0.758. The van der Waals surface area contributed by atoms with E-state index in [9.17, 15) is 9.59 Å². The standard InChI is InChI=1S/C15H24N4O3/c1-11(2)22-8-4-6-16-13(20)10-18-14-9-12(3)17-19(14)7-5-15(18)21/h9,11H,4-8,10H2,1-3H3,(H,16,20). The highest BCUT2D eigenvalue weighted by molar-refractivity contribution is 5.98. The van der Waals surface area contributed by atoms with Crippen molar-refractivity contribution in [3.05, 3.63) is 11.8 Å². The number of nitrogens with one attached hydrogen (secondary N) is 1. The van der Waals surface area contributed by atoms with Crippen molar-refractivity contribution in [2.24, 2.45) is 0 Å². The minimum atomic E-state index is -0.162. The van der Waals surface area contributed by atoms with E-state index < -0.39 is 0 Å². The second-order valence-corrected chi connectivity index (χ2v) is 5.72. The van der Waals surface area contributed by atoms with E-state index >= 15 is 0 Å². The second kappa shape index (κ2) is 7.40. The number of hydrogen-bond acceptors (Lipinski definition) is 4. The number of fused-ring (bicyclic) bond motifs is 1. The van der Waals surface area contributed by atoms with Crippen LogP contribution in [0.25, 0.3) is 0 Å². The number of rotatable bonds is 7. The van der Waals surface area contributed by atoms with E-state index in [-0.39, 0.29) is 24.5 Å². The molecular formula is C15H24N4O3. The van der Waals surface area contributed by atoms with Gasteiger partial charge >= 0.3 is 0 Å². The Labute approximate surface area is 130 Å². The van der Waals surface area contributed by atoms with E-state index in [1.165, 1.54) is 4.90 Å². The van der Waals surface area contributed by atoms with Gasteiger partial charge in [-0.05, 0) is 27.2 Å². The second-order valence-electron chi connectivity index (χ2n) is 5.72. The highest BCUT2D eigenvalue weighted by atomic mass is 16.5. The van der Waals surface area contributed by atoms with E-state index in [4.69, 9.17) is 4.74 Å². The molecule has 1 aromatic rings. The van der Waals surface area contributed by atoms with Crippen molar-refractivity contribution < 1.29 is 14.3 Å². The first-order chi connectivity index (χ1) is 10.5. The molecule has 0 fully saturated rings. The van der Waals surface area contributed by atoms with Crippen LogP contribution in [0.1, 0.15) is 32.4 Å². The maximum Gasteiger partial charge on any atom is 0.240 e. The van der Waals surface area contributed by atoms with Crippen molar-refractivity contribution in [1.82, 2.24) is 15.1 Å². The molecule has 2 heterocycles. The monoisotopic (exact) mass is 308 g/mol. The summed E-state index contributed by atoms with van der Waals surface area (Å²) in [7, 11) is 0. The molecule has 0 aromatic carbocycles. The number of nitrogens with zero attached hydrogens (tertiary/aromatic N) is 3. The first-order valence-electron chi connectivity index (χ1n) is 7.70. The van der Waals surface area contributed by atoms with Crippen LogP contribution in [-0.2, 0) is 20.9 Å². The van der Waals surface area contributed by atoms with Gasteiger partial charge in [0.1, 0.15) is 12.4 Å². The number of hydrogen-bond donors (Lipinski definition) is 1. The SMILES string of the molecule is Cc1cc2n(n1)CCC(=O)N2CC(=O)NCCCOC(C)C. The zero-order valence-corrected chi connectivity index (χ0v) is 13.5. The highest BCUT2D eigenvalue weighted by Crippen LogP contribution is 2.21. The van der Waals surface area contributed by atoms with Gasteiger partial charge in [0.2, 0.25) is 11.8 Å². The van der Waals surface area contributed by atoms with E-state index in [1.807, 2.05) is 26.8 Å². The molecule has 0 unspecified atom stereocenters. The van der Waals surface area contributed by atoms with Crippen molar-refractivity contribution in [3.8, 4) is 0 Å². The summed E-state index contributed by atoms with van der Waals surface area (Å²) in [5.74, 6) is 0.503. The van der Waals surface area contributed by atoms with Gasteiger partial charge in [-0.25, -0.2) is 4.68 Å². The third-order valence-corrected chi connectivity index (χ3v) is 3.39. The number of amides is 2. The number of carbonyl (C=O) groups is 2. The van der Waals surface area contributed by atoms with E-state index in [2.05, 4.69) is 10.4 Å². The lowest BCUT2D eigenvalue weighted by Gasteiger charge is -2.26. The van der Waals surface area contributed by atoms with Crippen LogP contribution in [0.2, 0.25) is 0 Å². The summed E-state index contributed by atoms with van der Waals surface area (Å²) in [4.78, 5) is 25.5. The molecule has 0 saturated carbocycles. The fraction of sp³-hybridized carbons (Fsp3) is 0.667. The highest BCUT2D eigenvalue weighted by Gasteiger charge is 2.27. The Bertz CT molecular complexity index is 539. The van der Waals surface area contributed by atoms with Gasteiger partial charge in [-0.15, -0.1) is 0 Å². The van der Waals surface area contributed by atoms with Crippen LogP contribution < -0.4 is 10.2 Å². The molecule has 0 bridgehead atoms. The molecule has 0 aliphatic carbocycles. The molecule has 1 aromatic heterocycles. The number of aromatic nitrogens is 2. The molecule has 0 atom stereocenters. The molecule has 7 heteroatoms. The Morgan fingerprint density at radius 1 is 1.50 bits per heavy atom. The maximum atomic E-state index is 12.0. The first kappa shape index (κ1) is 16.5. The molecule has 2 rings (SSSR count). The molecule has 0 saturated heterocycles. The van der Waals surface area contributed by atoms with Gasteiger partial charge in [0.25, 0.3) is 0 Å². The molecule has 1 aliphatic rings. The van der Waals surface area contributed by atoms with Crippen molar-refractivity contribution in [2.45, 2.75) is 46.3 Å². The van der Waals surface area contributed by atoms with Crippen LogP contribution in [0.3, 0.4) is 0 Å². The minimum Gasteiger partial charge on any atom is -0.379 e. The Hall–Kier alpha value is -1.89. The smallest absolute Gasteiger partial charge is 0.240 e. The predicted molar refractivity (Wildman–Crippen MR) is 82.6 cm³/mol. The topological polar surface area (TPSA) is 76.5 Å². The van der Waals surface area contributed by atoms with Crippen molar-refractivity contribution in [1.29, 1.82) is 0 Å². The van der Waals surface area contributed by atoms with Crippen molar-refractivity contribution in [3.63, 3.8) is 0 Å². The fourth-order valence-electron chi connectivity index (χ4n) is 2.37. The van der Waals surface area contributed by atoms with Crippen LogP contribution >= 0.6 is 0 Å². The lowest BCUT2D eigenvalue weighted by atomic mass is 10.2. The minimum absolute atomic E-state index is 0.0364. The summed E-state index contributed by atoms with van der Waals surface area (Å²) in [6.45, 7) is 7.61. The van der Waals surface area contributed by atoms with Gasteiger partial charge in [0.15, 0.2) is 0 Å². The van der Waals surface area contributed by atoms with E-state index in [1.54, 1.807) is 4.68 Å². The lowest BCUT2D eigenvalue weighted by Crippen LogP contribution is -2.44. The van der Waals surface area contributed by atoms with Crippen LogP contribution in [0.15, 0.2) is 6.07 Å². The van der Waals surface area contributed by atoms with Crippen LogP contribution in [0, 0.1) is 6.92 Å². The Kier molecular flexibility index (Phi) is 5.54. The number of ether oxygens (including phenoxy) is 1. The van der Waals surface area contributed by atoms with Gasteiger partial charge < -0.3 is 10.1 Å². The summed E-state index contributed by atoms with van der Waals surface area (Å²) in [5, 5.41) is 7.14. The van der Waals surface area contributed by atoms with Gasteiger partial charge in [-0.2, -0.15) is 5.10 Å². The van der Waals surface area contributed by atoms with E-state index in [0.29, 0.717) is 31.9 Å². The fourth-order valence-corrected chi connectivity index (χ4v) is 2.37.